The molecule has 0 fully saturated rings. The summed E-state index contributed by atoms with van der Waals surface area (Å²) in [6, 6.07) is 16.8. The molecule has 0 radical (unpaired) electrons. The number of hydrogen-bond donors (Lipinski definition) is 1. The fourth-order valence-corrected chi connectivity index (χ4v) is 2.94. The SMILES string of the molecule is C[C@H](NC(=O)CN(C)c1ccc2ccccc2c1)c1ccc(F)cc1F. The highest BCUT2D eigenvalue weighted by atomic mass is 19.1. The molecule has 0 aromatic heterocycles. The van der Waals surface area contributed by atoms with Gasteiger partial charge in [-0.1, -0.05) is 36.4 Å². The molecule has 0 heterocycles. The number of fused-ring (bicyclic) bond motifs is 1. The molecule has 0 bridgehead atoms. The quantitative estimate of drug-likeness (QED) is 0.735. The second-order valence-corrected chi connectivity index (χ2v) is 6.34. The summed E-state index contributed by atoms with van der Waals surface area (Å²) in [6.45, 7) is 1.80. The predicted molar refractivity (Wildman–Crippen MR) is 100 cm³/mol. The topological polar surface area (TPSA) is 32.3 Å². The van der Waals surface area contributed by atoms with E-state index in [1.54, 1.807) is 6.92 Å². The normalized spacial score (nSPS) is 12.0. The van der Waals surface area contributed by atoms with Gasteiger partial charge in [0.05, 0.1) is 12.6 Å². The summed E-state index contributed by atoms with van der Waals surface area (Å²) >= 11 is 0. The summed E-state index contributed by atoms with van der Waals surface area (Å²) in [5.74, 6) is -1.54. The number of anilines is 1. The van der Waals surface area contributed by atoms with Crippen molar-refractivity contribution < 1.29 is 13.6 Å². The standard InChI is InChI=1S/C21H20F2N2O/c1-14(19-10-8-17(22)12-20(19)23)24-21(26)13-25(2)18-9-7-15-5-3-4-6-16(15)11-18/h3-12,14H,13H2,1-2H3,(H,24,26)/t14-/m0/s1. The van der Waals surface area contributed by atoms with Gasteiger partial charge >= 0.3 is 0 Å². The van der Waals surface area contributed by atoms with Gasteiger partial charge in [-0.25, -0.2) is 8.78 Å². The van der Waals surface area contributed by atoms with Gasteiger partial charge in [0.2, 0.25) is 5.91 Å². The van der Waals surface area contributed by atoms with Crippen LogP contribution in [0.4, 0.5) is 14.5 Å². The minimum atomic E-state index is -0.666. The molecule has 0 saturated heterocycles. The van der Waals surface area contributed by atoms with Crippen LogP contribution in [0, 0.1) is 11.6 Å². The summed E-state index contributed by atoms with van der Waals surface area (Å²) in [7, 11) is 1.83. The zero-order valence-electron chi connectivity index (χ0n) is 14.7. The van der Waals surface area contributed by atoms with Gasteiger partial charge in [0.1, 0.15) is 11.6 Å². The van der Waals surface area contributed by atoms with Crippen LogP contribution in [-0.4, -0.2) is 19.5 Å². The Morgan fingerprint density at radius 3 is 2.50 bits per heavy atom. The number of nitrogens with one attached hydrogen (secondary N) is 1. The van der Waals surface area contributed by atoms with E-state index in [1.807, 2.05) is 54.4 Å². The molecule has 0 unspecified atom stereocenters. The van der Waals surface area contributed by atoms with Crippen molar-refractivity contribution in [3.05, 3.63) is 77.9 Å². The van der Waals surface area contributed by atoms with E-state index in [4.69, 9.17) is 0 Å². The molecular weight excluding hydrogens is 334 g/mol. The lowest BCUT2D eigenvalue weighted by atomic mass is 10.1. The van der Waals surface area contributed by atoms with Crippen LogP contribution in [0.15, 0.2) is 60.7 Å². The number of carbonyl (C=O) groups excluding carboxylic acids is 1. The third kappa shape index (κ3) is 3.99. The number of hydrogen-bond acceptors (Lipinski definition) is 2. The number of amides is 1. The van der Waals surface area contributed by atoms with Gasteiger partial charge in [0, 0.05) is 24.4 Å². The molecule has 0 aliphatic carbocycles. The van der Waals surface area contributed by atoms with Gasteiger partial charge in [-0.05, 0) is 35.9 Å². The molecule has 3 aromatic rings. The summed E-state index contributed by atoms with van der Waals surface area (Å²) in [6.07, 6.45) is 0. The van der Waals surface area contributed by atoms with E-state index in [9.17, 15) is 13.6 Å². The van der Waals surface area contributed by atoms with E-state index >= 15 is 0 Å². The smallest absolute Gasteiger partial charge is 0.239 e. The zero-order chi connectivity index (χ0) is 18.7. The van der Waals surface area contributed by atoms with Crippen molar-refractivity contribution in [3.63, 3.8) is 0 Å². The number of benzene rings is 3. The second-order valence-electron chi connectivity index (χ2n) is 6.34. The monoisotopic (exact) mass is 354 g/mol. The Balaban J connectivity index is 1.66. The van der Waals surface area contributed by atoms with Gasteiger partial charge in [-0.3, -0.25) is 4.79 Å². The van der Waals surface area contributed by atoms with E-state index in [1.165, 1.54) is 12.1 Å². The Bertz CT molecular complexity index is 942. The molecular formula is C21H20F2N2O. The minimum Gasteiger partial charge on any atom is -0.365 e. The van der Waals surface area contributed by atoms with Crippen LogP contribution in [0.25, 0.3) is 10.8 Å². The average Bonchev–Trinajstić information content (AvgIpc) is 2.60. The van der Waals surface area contributed by atoms with Gasteiger partial charge in [-0.15, -0.1) is 0 Å². The van der Waals surface area contributed by atoms with Crippen LogP contribution in [-0.2, 0) is 4.79 Å². The van der Waals surface area contributed by atoms with Crippen molar-refractivity contribution in [1.29, 1.82) is 0 Å². The second kappa shape index (κ2) is 7.52. The van der Waals surface area contributed by atoms with E-state index in [0.29, 0.717) is 0 Å². The summed E-state index contributed by atoms with van der Waals surface area (Å²) < 4.78 is 26.8. The van der Waals surface area contributed by atoms with Crippen LogP contribution in [0.5, 0.6) is 0 Å². The van der Waals surface area contributed by atoms with Crippen LogP contribution in [0.2, 0.25) is 0 Å². The lowest BCUT2D eigenvalue weighted by Gasteiger charge is -2.21. The first kappa shape index (κ1) is 17.9. The Hall–Kier alpha value is -2.95. The first-order valence-electron chi connectivity index (χ1n) is 8.38. The van der Waals surface area contributed by atoms with Crippen molar-refractivity contribution >= 4 is 22.4 Å². The molecule has 1 N–H and O–H groups in total. The van der Waals surface area contributed by atoms with Gasteiger partial charge < -0.3 is 10.2 Å². The number of rotatable bonds is 5. The maximum Gasteiger partial charge on any atom is 0.239 e. The third-order valence-corrected chi connectivity index (χ3v) is 4.36. The molecule has 0 aliphatic heterocycles. The van der Waals surface area contributed by atoms with Crippen molar-refractivity contribution in [3.8, 4) is 0 Å². The van der Waals surface area contributed by atoms with Crippen molar-refractivity contribution in [1.82, 2.24) is 5.32 Å². The zero-order valence-corrected chi connectivity index (χ0v) is 14.7. The van der Waals surface area contributed by atoms with E-state index in [0.717, 1.165) is 22.5 Å². The van der Waals surface area contributed by atoms with E-state index in [-0.39, 0.29) is 18.0 Å². The number of carbonyl (C=O) groups is 1. The maximum atomic E-state index is 13.8. The molecule has 0 spiro atoms. The van der Waals surface area contributed by atoms with Crippen molar-refractivity contribution in [2.75, 3.05) is 18.5 Å². The fraction of sp³-hybridized carbons (Fsp3) is 0.190. The number of halogens is 2. The Morgan fingerprint density at radius 2 is 1.77 bits per heavy atom. The predicted octanol–water partition coefficient (Wildman–Crippen LogP) is 4.43. The van der Waals surface area contributed by atoms with Gasteiger partial charge in [0.15, 0.2) is 0 Å². The Morgan fingerprint density at radius 1 is 1.04 bits per heavy atom. The lowest BCUT2D eigenvalue weighted by molar-refractivity contribution is -0.120. The van der Waals surface area contributed by atoms with Crippen molar-refractivity contribution in [2.24, 2.45) is 0 Å². The molecule has 5 heteroatoms. The van der Waals surface area contributed by atoms with E-state index in [2.05, 4.69) is 5.32 Å². The molecule has 1 atom stereocenters. The highest BCUT2D eigenvalue weighted by molar-refractivity contribution is 5.87. The summed E-state index contributed by atoms with van der Waals surface area (Å²) in [4.78, 5) is 14.1. The lowest BCUT2D eigenvalue weighted by Crippen LogP contribution is -2.36. The van der Waals surface area contributed by atoms with Gasteiger partial charge in [0.25, 0.3) is 0 Å². The fourth-order valence-electron chi connectivity index (χ4n) is 2.94. The molecule has 0 saturated carbocycles. The highest BCUT2D eigenvalue weighted by Crippen LogP contribution is 2.21. The Labute approximate surface area is 151 Å². The largest absolute Gasteiger partial charge is 0.365 e. The Kier molecular flexibility index (Phi) is 5.16. The molecule has 26 heavy (non-hydrogen) atoms. The molecule has 3 nitrogen and oxygen atoms in total. The number of nitrogens with zero attached hydrogens (tertiary/aromatic N) is 1. The molecule has 3 rings (SSSR count). The summed E-state index contributed by atoms with van der Waals surface area (Å²) in [5, 5.41) is 4.98. The first-order valence-corrected chi connectivity index (χ1v) is 8.38. The minimum absolute atomic E-state index is 0.130. The molecule has 134 valence electrons. The summed E-state index contributed by atoms with van der Waals surface area (Å²) in [5.41, 5.74) is 1.17. The first-order chi connectivity index (χ1) is 12.4. The van der Waals surface area contributed by atoms with Crippen LogP contribution >= 0.6 is 0 Å². The van der Waals surface area contributed by atoms with Crippen molar-refractivity contribution in [2.45, 2.75) is 13.0 Å². The molecule has 3 aromatic carbocycles. The van der Waals surface area contributed by atoms with E-state index < -0.39 is 17.7 Å². The molecule has 1 amide bonds. The van der Waals surface area contributed by atoms with Gasteiger partial charge in [-0.2, -0.15) is 0 Å². The third-order valence-electron chi connectivity index (χ3n) is 4.36. The highest BCUT2D eigenvalue weighted by Gasteiger charge is 2.15. The number of likely N-dealkylation sites (N-methyl/N-ethyl adjacent to an activating group) is 1. The average molecular weight is 354 g/mol. The van der Waals surface area contributed by atoms with Crippen LogP contribution in [0.1, 0.15) is 18.5 Å². The molecule has 0 aliphatic rings. The van der Waals surface area contributed by atoms with Crippen LogP contribution < -0.4 is 10.2 Å². The van der Waals surface area contributed by atoms with Crippen LogP contribution in [0.3, 0.4) is 0 Å². The maximum absolute atomic E-state index is 13.8.